The first-order chi connectivity index (χ1) is 7.60. The summed E-state index contributed by atoms with van der Waals surface area (Å²) in [6.45, 7) is 4.51. The lowest BCUT2D eigenvalue weighted by atomic mass is 10.2. The molecule has 0 aliphatic carbocycles. The zero-order chi connectivity index (χ0) is 12.4. The molecule has 0 amide bonds. The van der Waals surface area contributed by atoms with Crippen LogP contribution in [0, 0.1) is 0 Å². The van der Waals surface area contributed by atoms with Gasteiger partial charge in [-0.15, -0.1) is 0 Å². The first-order valence-corrected chi connectivity index (χ1v) is 6.56. The molecule has 1 rings (SSSR count). The highest BCUT2D eigenvalue weighted by Crippen LogP contribution is 2.18. The van der Waals surface area contributed by atoms with E-state index < -0.39 is 8.25 Å². The standard InChI is InChI=1S/C7H10NO3P.C4H10/c8-7-3-1-6(2-4-7)5-11-12(9)10;1-3-4-2/h1-4,12H,5,8H2,(H,9,10);3-4H2,1-2H3. The number of anilines is 1. The van der Waals surface area contributed by atoms with Crippen LogP contribution in [0.25, 0.3) is 0 Å². The summed E-state index contributed by atoms with van der Waals surface area (Å²) in [7, 11) is -2.82. The number of rotatable bonds is 4. The molecule has 5 heteroatoms. The van der Waals surface area contributed by atoms with Gasteiger partial charge in [-0.1, -0.05) is 38.8 Å². The topological polar surface area (TPSA) is 72.5 Å². The van der Waals surface area contributed by atoms with Gasteiger partial charge >= 0.3 is 8.25 Å². The fourth-order valence-corrected chi connectivity index (χ4v) is 1.05. The number of hydrogen-bond donors (Lipinski definition) is 2. The van der Waals surface area contributed by atoms with E-state index in [1.165, 1.54) is 12.8 Å². The van der Waals surface area contributed by atoms with E-state index in [9.17, 15) is 4.57 Å². The van der Waals surface area contributed by atoms with Gasteiger partial charge in [0.25, 0.3) is 0 Å². The molecule has 1 atom stereocenters. The largest absolute Gasteiger partial charge is 0.399 e. The summed E-state index contributed by atoms with van der Waals surface area (Å²) in [6.07, 6.45) is 2.64. The Labute approximate surface area is 97.4 Å². The summed E-state index contributed by atoms with van der Waals surface area (Å²) in [6, 6.07) is 6.93. The van der Waals surface area contributed by atoms with Gasteiger partial charge in [-0.2, -0.15) is 0 Å². The lowest BCUT2D eigenvalue weighted by Crippen LogP contribution is -1.87. The van der Waals surface area contributed by atoms with Crippen LogP contribution in [0.2, 0.25) is 0 Å². The smallest absolute Gasteiger partial charge is 0.316 e. The maximum absolute atomic E-state index is 10.2. The van der Waals surface area contributed by atoms with Crippen molar-refractivity contribution in [1.29, 1.82) is 0 Å². The van der Waals surface area contributed by atoms with Crippen LogP contribution in [0.3, 0.4) is 0 Å². The van der Waals surface area contributed by atoms with Gasteiger partial charge in [-0.05, 0) is 17.7 Å². The second-order valence-electron chi connectivity index (χ2n) is 3.30. The summed E-state index contributed by atoms with van der Waals surface area (Å²) in [5.41, 5.74) is 6.93. The molecule has 3 N–H and O–H groups in total. The van der Waals surface area contributed by atoms with Crippen LogP contribution >= 0.6 is 8.25 Å². The van der Waals surface area contributed by atoms with E-state index in [2.05, 4.69) is 18.4 Å². The minimum atomic E-state index is -2.82. The Balaban J connectivity index is 0.000000487. The van der Waals surface area contributed by atoms with Crippen molar-refractivity contribution >= 4 is 13.9 Å². The fraction of sp³-hybridized carbons (Fsp3) is 0.455. The Kier molecular flexibility index (Phi) is 8.91. The lowest BCUT2D eigenvalue weighted by Gasteiger charge is -2.00. The van der Waals surface area contributed by atoms with Crippen molar-refractivity contribution in [3.8, 4) is 0 Å². The van der Waals surface area contributed by atoms with Gasteiger partial charge in [0.05, 0.1) is 6.61 Å². The van der Waals surface area contributed by atoms with Crippen molar-refractivity contribution in [3.05, 3.63) is 29.8 Å². The Morgan fingerprint density at radius 3 is 2.12 bits per heavy atom. The van der Waals surface area contributed by atoms with Crippen LogP contribution in [-0.4, -0.2) is 4.89 Å². The summed E-state index contributed by atoms with van der Waals surface area (Å²) in [5.74, 6) is 0. The molecule has 0 aliphatic rings. The Hall–Kier alpha value is -0.830. The molecule has 1 unspecified atom stereocenters. The van der Waals surface area contributed by atoms with E-state index in [0.717, 1.165) is 5.56 Å². The number of nitrogen functional groups attached to an aromatic ring is 1. The minimum Gasteiger partial charge on any atom is -0.399 e. The number of benzene rings is 1. The Morgan fingerprint density at radius 1 is 1.25 bits per heavy atom. The van der Waals surface area contributed by atoms with Crippen LogP contribution in [0.1, 0.15) is 32.3 Å². The highest BCUT2D eigenvalue weighted by molar-refractivity contribution is 7.32. The maximum Gasteiger partial charge on any atom is 0.316 e. The van der Waals surface area contributed by atoms with Crippen LogP contribution in [0.5, 0.6) is 0 Å². The summed E-state index contributed by atoms with van der Waals surface area (Å²) < 4.78 is 14.7. The first kappa shape index (κ1) is 15.2. The van der Waals surface area contributed by atoms with Gasteiger partial charge in [-0.25, -0.2) is 0 Å². The number of unbranched alkanes of at least 4 members (excludes halogenated alkanes) is 1. The molecule has 0 radical (unpaired) electrons. The maximum atomic E-state index is 10.2. The average molecular weight is 245 g/mol. The van der Waals surface area contributed by atoms with Crippen LogP contribution in [0.4, 0.5) is 5.69 Å². The molecule has 1 aromatic carbocycles. The molecule has 4 nitrogen and oxygen atoms in total. The van der Waals surface area contributed by atoms with E-state index in [4.69, 9.17) is 10.6 Å². The van der Waals surface area contributed by atoms with Crippen LogP contribution < -0.4 is 5.73 Å². The summed E-state index contributed by atoms with van der Waals surface area (Å²) in [5, 5.41) is 0. The second-order valence-corrected chi connectivity index (χ2v) is 4.12. The van der Waals surface area contributed by atoms with E-state index >= 15 is 0 Å². The molecule has 1 aromatic rings. The molecule has 0 bridgehead atoms. The quantitative estimate of drug-likeness (QED) is 0.631. The predicted octanol–water partition coefficient (Wildman–Crippen LogP) is 2.97. The monoisotopic (exact) mass is 245 g/mol. The number of nitrogens with two attached hydrogens (primary N) is 1. The van der Waals surface area contributed by atoms with E-state index in [0.29, 0.717) is 5.69 Å². The molecule has 0 heterocycles. The van der Waals surface area contributed by atoms with Crippen molar-refractivity contribution in [3.63, 3.8) is 0 Å². The first-order valence-electron chi connectivity index (χ1n) is 5.30. The third-order valence-electron chi connectivity index (χ3n) is 1.84. The van der Waals surface area contributed by atoms with E-state index in [1.807, 2.05) is 0 Å². The van der Waals surface area contributed by atoms with E-state index in [-0.39, 0.29) is 6.61 Å². The van der Waals surface area contributed by atoms with Gasteiger partial charge in [0.2, 0.25) is 0 Å². The van der Waals surface area contributed by atoms with Gasteiger partial charge in [-0.3, -0.25) is 4.57 Å². The Bertz CT molecular complexity index is 299. The lowest BCUT2D eigenvalue weighted by molar-refractivity contribution is 0.272. The fourth-order valence-electron chi connectivity index (χ4n) is 0.759. The van der Waals surface area contributed by atoms with Crippen molar-refractivity contribution in [2.75, 3.05) is 5.73 Å². The van der Waals surface area contributed by atoms with Crippen molar-refractivity contribution < 1.29 is 14.0 Å². The summed E-state index contributed by atoms with van der Waals surface area (Å²) in [4.78, 5) is 8.37. The van der Waals surface area contributed by atoms with Gasteiger partial charge in [0, 0.05) is 5.69 Å². The molecule has 0 fully saturated rings. The van der Waals surface area contributed by atoms with Gasteiger partial charge in [0.15, 0.2) is 0 Å². The van der Waals surface area contributed by atoms with Crippen molar-refractivity contribution in [2.24, 2.45) is 0 Å². The van der Waals surface area contributed by atoms with Crippen LogP contribution in [0.15, 0.2) is 24.3 Å². The van der Waals surface area contributed by atoms with Gasteiger partial charge in [0.1, 0.15) is 0 Å². The predicted molar refractivity (Wildman–Crippen MR) is 67.4 cm³/mol. The van der Waals surface area contributed by atoms with E-state index in [1.54, 1.807) is 24.3 Å². The molecule has 0 aromatic heterocycles. The second kappa shape index (κ2) is 9.40. The zero-order valence-electron chi connectivity index (χ0n) is 9.77. The molecule has 0 spiro atoms. The third-order valence-corrected chi connectivity index (χ3v) is 2.23. The summed E-state index contributed by atoms with van der Waals surface area (Å²) >= 11 is 0. The minimum absolute atomic E-state index is 0.147. The zero-order valence-corrected chi connectivity index (χ0v) is 10.8. The highest BCUT2D eigenvalue weighted by atomic mass is 31.1. The van der Waals surface area contributed by atoms with Crippen molar-refractivity contribution in [1.82, 2.24) is 0 Å². The van der Waals surface area contributed by atoms with Gasteiger partial charge < -0.3 is 15.2 Å². The molecule has 92 valence electrons. The van der Waals surface area contributed by atoms with Crippen LogP contribution in [-0.2, 0) is 15.7 Å². The molecule has 16 heavy (non-hydrogen) atoms. The third kappa shape index (κ3) is 8.48. The molecular formula is C11H20NO3P. The Morgan fingerprint density at radius 2 is 1.75 bits per heavy atom. The normalized spacial score (nSPS) is 11.4. The molecule has 0 aliphatic heterocycles. The highest BCUT2D eigenvalue weighted by Gasteiger charge is 1.94. The molecule has 0 saturated heterocycles. The van der Waals surface area contributed by atoms with Crippen molar-refractivity contribution in [2.45, 2.75) is 33.3 Å². The number of hydrogen-bond acceptors (Lipinski definition) is 3. The molecule has 0 saturated carbocycles. The SMILES string of the molecule is CCCC.Nc1ccc(CO[PH](=O)O)cc1. The molecular weight excluding hydrogens is 225 g/mol. The average Bonchev–Trinajstić information content (AvgIpc) is 2.28.